The maximum atomic E-state index is 11.7. The average Bonchev–Trinajstić information content (AvgIpc) is 2.43. The highest BCUT2D eigenvalue weighted by Gasteiger charge is 2.19. The minimum absolute atomic E-state index is 0.0668. The van der Waals surface area contributed by atoms with Crippen LogP contribution in [0.5, 0.6) is 0 Å². The fraction of sp³-hybridized carbons (Fsp3) is 0.400. The van der Waals surface area contributed by atoms with Crippen molar-refractivity contribution >= 4 is 17.7 Å². The first-order valence-corrected chi connectivity index (χ1v) is 6.70. The van der Waals surface area contributed by atoms with Crippen LogP contribution < -0.4 is 10.6 Å². The second-order valence-electron chi connectivity index (χ2n) is 5.19. The fourth-order valence-corrected chi connectivity index (χ4v) is 1.90. The summed E-state index contributed by atoms with van der Waals surface area (Å²) in [4.78, 5) is 22.8. The van der Waals surface area contributed by atoms with Gasteiger partial charge in [-0.05, 0) is 30.5 Å². The zero-order valence-corrected chi connectivity index (χ0v) is 12.1. The van der Waals surface area contributed by atoms with E-state index in [2.05, 4.69) is 10.6 Å². The van der Waals surface area contributed by atoms with Crippen LogP contribution in [-0.4, -0.2) is 23.7 Å². The minimum Gasteiger partial charge on any atom is -0.481 e. The van der Waals surface area contributed by atoms with Gasteiger partial charge in [0.15, 0.2) is 0 Å². The first-order chi connectivity index (χ1) is 9.92. The predicted molar refractivity (Wildman–Crippen MR) is 78.8 cm³/mol. The van der Waals surface area contributed by atoms with Gasteiger partial charge in [0.1, 0.15) is 0 Å². The molecule has 0 radical (unpaired) electrons. The summed E-state index contributed by atoms with van der Waals surface area (Å²) in [5, 5.41) is 23.0. The van der Waals surface area contributed by atoms with Crippen molar-refractivity contribution < 1.29 is 14.7 Å². The van der Waals surface area contributed by atoms with E-state index in [-0.39, 0.29) is 12.5 Å². The van der Waals surface area contributed by atoms with Crippen LogP contribution in [0.4, 0.5) is 10.5 Å². The lowest BCUT2D eigenvalue weighted by molar-refractivity contribution is -0.142. The number of hydrogen-bond acceptors (Lipinski definition) is 3. The Bertz CT molecular complexity index is 549. The molecule has 0 aromatic heterocycles. The third-order valence-electron chi connectivity index (χ3n) is 2.86. The van der Waals surface area contributed by atoms with E-state index in [1.54, 1.807) is 24.3 Å². The summed E-state index contributed by atoms with van der Waals surface area (Å²) in [5.41, 5.74) is 0.929. The second kappa shape index (κ2) is 7.90. The van der Waals surface area contributed by atoms with Crippen LogP contribution in [0.3, 0.4) is 0 Å². The number of nitrogens with one attached hydrogen (secondary N) is 2. The van der Waals surface area contributed by atoms with Gasteiger partial charge in [-0.1, -0.05) is 19.9 Å². The molecule has 1 rings (SSSR count). The molecule has 1 aromatic rings. The lowest BCUT2D eigenvalue weighted by Crippen LogP contribution is -2.36. The van der Waals surface area contributed by atoms with Gasteiger partial charge < -0.3 is 15.7 Å². The molecule has 112 valence electrons. The molecule has 0 aliphatic carbocycles. The minimum atomic E-state index is -0.921. The summed E-state index contributed by atoms with van der Waals surface area (Å²) in [6, 6.07) is 7.98. The van der Waals surface area contributed by atoms with Crippen LogP contribution in [0.2, 0.25) is 0 Å². The lowest BCUT2D eigenvalue weighted by Gasteiger charge is -2.15. The Kier molecular flexibility index (Phi) is 6.21. The molecule has 1 aromatic carbocycles. The van der Waals surface area contributed by atoms with Crippen LogP contribution in [0, 0.1) is 23.2 Å². The van der Waals surface area contributed by atoms with E-state index in [0.29, 0.717) is 17.7 Å². The number of carboxylic acid groups (broad SMARTS) is 1. The normalized spacial score (nSPS) is 11.5. The number of carbonyl (C=O) groups excluding carboxylic acids is 1. The monoisotopic (exact) mass is 289 g/mol. The van der Waals surface area contributed by atoms with Gasteiger partial charge in [-0.3, -0.25) is 4.79 Å². The SMILES string of the molecule is CC(C)CC(CNC(=O)Nc1cccc(C#N)c1)C(=O)O. The molecule has 0 aliphatic rings. The van der Waals surface area contributed by atoms with Gasteiger partial charge in [0.25, 0.3) is 0 Å². The largest absolute Gasteiger partial charge is 0.481 e. The number of amides is 2. The van der Waals surface area contributed by atoms with E-state index in [0.717, 1.165) is 0 Å². The van der Waals surface area contributed by atoms with Crippen molar-refractivity contribution in [2.75, 3.05) is 11.9 Å². The van der Waals surface area contributed by atoms with Gasteiger partial charge >= 0.3 is 12.0 Å². The average molecular weight is 289 g/mol. The van der Waals surface area contributed by atoms with Crippen molar-refractivity contribution in [3.05, 3.63) is 29.8 Å². The molecule has 0 fully saturated rings. The Morgan fingerprint density at radius 3 is 2.67 bits per heavy atom. The molecular formula is C15H19N3O3. The van der Waals surface area contributed by atoms with Gasteiger partial charge in [0, 0.05) is 12.2 Å². The molecule has 0 spiro atoms. The standard InChI is InChI=1S/C15H19N3O3/c1-10(2)6-12(14(19)20)9-17-15(21)18-13-5-3-4-11(7-13)8-16/h3-5,7,10,12H,6,9H2,1-2H3,(H,19,20)(H2,17,18,21). The van der Waals surface area contributed by atoms with Gasteiger partial charge in [-0.2, -0.15) is 5.26 Å². The number of hydrogen-bond donors (Lipinski definition) is 3. The molecule has 0 saturated heterocycles. The number of nitriles is 1. The molecule has 2 amide bonds. The molecule has 6 heteroatoms. The van der Waals surface area contributed by atoms with Crippen LogP contribution in [-0.2, 0) is 4.79 Å². The van der Waals surface area contributed by atoms with E-state index in [4.69, 9.17) is 10.4 Å². The topological polar surface area (TPSA) is 102 Å². The molecular weight excluding hydrogens is 270 g/mol. The zero-order chi connectivity index (χ0) is 15.8. The van der Waals surface area contributed by atoms with Crippen molar-refractivity contribution in [1.29, 1.82) is 5.26 Å². The molecule has 0 bridgehead atoms. The van der Waals surface area contributed by atoms with E-state index in [9.17, 15) is 9.59 Å². The van der Waals surface area contributed by atoms with Crippen molar-refractivity contribution in [2.24, 2.45) is 11.8 Å². The highest BCUT2D eigenvalue weighted by Crippen LogP contribution is 2.12. The summed E-state index contributed by atoms with van der Waals surface area (Å²) < 4.78 is 0. The quantitative estimate of drug-likeness (QED) is 0.748. The number of rotatable bonds is 6. The third kappa shape index (κ3) is 5.95. The summed E-state index contributed by atoms with van der Waals surface area (Å²) in [7, 11) is 0. The van der Waals surface area contributed by atoms with Crippen LogP contribution in [0.25, 0.3) is 0 Å². The molecule has 1 atom stereocenters. The Hall–Kier alpha value is -2.55. The van der Waals surface area contributed by atoms with E-state index in [1.165, 1.54) is 0 Å². The van der Waals surface area contributed by atoms with Gasteiger partial charge in [-0.25, -0.2) is 4.79 Å². The number of carbonyl (C=O) groups is 2. The van der Waals surface area contributed by atoms with E-state index in [1.807, 2.05) is 19.9 Å². The highest BCUT2D eigenvalue weighted by molar-refractivity contribution is 5.89. The van der Waals surface area contributed by atoms with Crippen LogP contribution >= 0.6 is 0 Å². The maximum absolute atomic E-state index is 11.7. The number of urea groups is 1. The van der Waals surface area contributed by atoms with Crippen molar-refractivity contribution in [3.63, 3.8) is 0 Å². The Morgan fingerprint density at radius 1 is 1.38 bits per heavy atom. The number of benzene rings is 1. The molecule has 21 heavy (non-hydrogen) atoms. The first kappa shape index (κ1) is 16.5. The van der Waals surface area contributed by atoms with Gasteiger partial charge in [0.05, 0.1) is 17.6 Å². The van der Waals surface area contributed by atoms with Crippen LogP contribution in [0.1, 0.15) is 25.8 Å². The summed E-state index contributed by atoms with van der Waals surface area (Å²) in [6.07, 6.45) is 0.500. The van der Waals surface area contributed by atoms with E-state index >= 15 is 0 Å². The van der Waals surface area contributed by atoms with Crippen molar-refractivity contribution in [2.45, 2.75) is 20.3 Å². The Morgan fingerprint density at radius 2 is 2.10 bits per heavy atom. The second-order valence-corrected chi connectivity index (χ2v) is 5.19. The number of nitrogens with zero attached hydrogens (tertiary/aromatic N) is 1. The van der Waals surface area contributed by atoms with Crippen LogP contribution in [0.15, 0.2) is 24.3 Å². The summed E-state index contributed by atoms with van der Waals surface area (Å²) in [5.74, 6) is -1.29. The maximum Gasteiger partial charge on any atom is 0.319 e. The lowest BCUT2D eigenvalue weighted by atomic mass is 9.97. The third-order valence-corrected chi connectivity index (χ3v) is 2.86. The smallest absolute Gasteiger partial charge is 0.319 e. The summed E-state index contributed by atoms with van der Waals surface area (Å²) in [6.45, 7) is 3.93. The first-order valence-electron chi connectivity index (χ1n) is 6.70. The van der Waals surface area contributed by atoms with Crippen molar-refractivity contribution in [3.8, 4) is 6.07 Å². The summed E-state index contributed by atoms with van der Waals surface area (Å²) >= 11 is 0. The predicted octanol–water partition coefficient (Wildman–Crippen LogP) is 2.43. The Labute approximate surface area is 123 Å². The zero-order valence-electron chi connectivity index (χ0n) is 12.1. The number of aliphatic carboxylic acids is 1. The number of anilines is 1. The highest BCUT2D eigenvalue weighted by atomic mass is 16.4. The number of carboxylic acids is 1. The van der Waals surface area contributed by atoms with Crippen molar-refractivity contribution in [1.82, 2.24) is 5.32 Å². The van der Waals surface area contributed by atoms with Gasteiger partial charge in [-0.15, -0.1) is 0 Å². The molecule has 0 saturated carbocycles. The molecule has 6 nitrogen and oxygen atoms in total. The molecule has 0 aliphatic heterocycles. The molecule has 0 heterocycles. The molecule has 3 N–H and O–H groups in total. The Balaban J connectivity index is 2.53. The van der Waals surface area contributed by atoms with Gasteiger partial charge in [0.2, 0.25) is 0 Å². The molecule has 1 unspecified atom stereocenters. The van der Waals surface area contributed by atoms with E-state index < -0.39 is 17.9 Å². The fourth-order valence-electron chi connectivity index (χ4n) is 1.90.